The number of rotatable bonds is 2. The SMILES string of the molecule is CN(C)c1nc(N2CCN(C)[C@]3(CCNC(=O)CC3)C2)cc(C(F)(F)F)n1. The summed E-state index contributed by atoms with van der Waals surface area (Å²) in [6.07, 6.45) is -2.70. The standard InChI is InChI=1S/C17H25F3N6O/c1-24(2)15-22-12(17(18,19)20)10-13(23-15)26-9-8-25(3)16(11-26)5-4-14(27)21-7-6-16/h10H,4-9,11H2,1-3H3,(H,21,27)/t16-/m1/s1. The number of anilines is 2. The Hall–Kier alpha value is -2.10. The number of piperazine rings is 1. The summed E-state index contributed by atoms with van der Waals surface area (Å²) >= 11 is 0. The van der Waals surface area contributed by atoms with Crippen molar-refractivity contribution in [2.45, 2.75) is 31.0 Å². The van der Waals surface area contributed by atoms with Crippen LogP contribution in [0, 0.1) is 0 Å². The van der Waals surface area contributed by atoms with Crippen LogP contribution >= 0.6 is 0 Å². The Morgan fingerprint density at radius 3 is 2.63 bits per heavy atom. The third kappa shape index (κ3) is 4.10. The fraction of sp³-hybridized carbons (Fsp3) is 0.706. The first-order valence-electron chi connectivity index (χ1n) is 8.97. The van der Waals surface area contributed by atoms with Crippen LogP contribution < -0.4 is 15.1 Å². The number of hydrogen-bond donors (Lipinski definition) is 1. The Bertz CT molecular complexity index is 710. The van der Waals surface area contributed by atoms with Crippen LogP contribution in [-0.2, 0) is 11.0 Å². The molecule has 7 nitrogen and oxygen atoms in total. The maximum Gasteiger partial charge on any atom is 0.433 e. The molecule has 1 aromatic heterocycles. The van der Waals surface area contributed by atoms with Crippen molar-refractivity contribution in [2.75, 3.05) is 57.1 Å². The molecule has 0 bridgehead atoms. The van der Waals surface area contributed by atoms with Crippen molar-refractivity contribution in [1.82, 2.24) is 20.2 Å². The highest BCUT2D eigenvalue weighted by Crippen LogP contribution is 2.35. The molecule has 0 aliphatic carbocycles. The van der Waals surface area contributed by atoms with E-state index in [-0.39, 0.29) is 23.2 Å². The molecule has 150 valence electrons. The van der Waals surface area contributed by atoms with Crippen molar-refractivity contribution in [3.05, 3.63) is 11.8 Å². The zero-order valence-electron chi connectivity index (χ0n) is 15.8. The van der Waals surface area contributed by atoms with Gasteiger partial charge in [-0.05, 0) is 19.9 Å². The molecule has 0 radical (unpaired) electrons. The van der Waals surface area contributed by atoms with Gasteiger partial charge in [-0.1, -0.05) is 0 Å². The highest BCUT2D eigenvalue weighted by molar-refractivity contribution is 5.76. The van der Waals surface area contributed by atoms with Crippen molar-refractivity contribution < 1.29 is 18.0 Å². The van der Waals surface area contributed by atoms with Gasteiger partial charge in [0, 0.05) is 58.3 Å². The molecule has 3 heterocycles. The number of carbonyl (C=O) groups is 1. The average Bonchev–Trinajstić information content (AvgIpc) is 2.79. The van der Waals surface area contributed by atoms with E-state index in [1.165, 1.54) is 4.90 Å². The Balaban J connectivity index is 1.93. The maximum atomic E-state index is 13.3. The molecule has 0 unspecified atom stereocenters. The second-order valence-electron chi connectivity index (χ2n) is 7.47. The Morgan fingerprint density at radius 2 is 1.96 bits per heavy atom. The summed E-state index contributed by atoms with van der Waals surface area (Å²) in [5.41, 5.74) is -1.21. The van der Waals surface area contributed by atoms with Crippen molar-refractivity contribution in [1.29, 1.82) is 0 Å². The molecule has 27 heavy (non-hydrogen) atoms. The number of alkyl halides is 3. The summed E-state index contributed by atoms with van der Waals surface area (Å²) in [5, 5.41) is 2.88. The van der Waals surface area contributed by atoms with Gasteiger partial charge in [0.15, 0.2) is 5.69 Å². The first kappa shape index (κ1) is 19.7. The Kier molecular flexibility index (Phi) is 5.20. The quantitative estimate of drug-likeness (QED) is 0.828. The van der Waals surface area contributed by atoms with Crippen LogP contribution in [0.5, 0.6) is 0 Å². The molecule has 2 fully saturated rings. The molecule has 2 saturated heterocycles. The summed E-state index contributed by atoms with van der Waals surface area (Å²) in [5.74, 6) is 0.330. The van der Waals surface area contributed by atoms with Gasteiger partial charge in [0.25, 0.3) is 0 Å². The van der Waals surface area contributed by atoms with Gasteiger partial charge in [0.05, 0.1) is 0 Å². The average molecular weight is 386 g/mol. The lowest BCUT2D eigenvalue weighted by Crippen LogP contribution is -2.61. The fourth-order valence-corrected chi connectivity index (χ4v) is 3.72. The van der Waals surface area contributed by atoms with Gasteiger partial charge in [0.1, 0.15) is 5.82 Å². The summed E-state index contributed by atoms with van der Waals surface area (Å²) < 4.78 is 39.9. The van der Waals surface area contributed by atoms with E-state index in [1.807, 2.05) is 11.9 Å². The molecule has 0 aromatic carbocycles. The molecule has 3 rings (SSSR count). The summed E-state index contributed by atoms with van der Waals surface area (Å²) in [7, 11) is 5.25. The minimum atomic E-state index is -4.54. The highest BCUT2D eigenvalue weighted by Gasteiger charge is 2.42. The minimum Gasteiger partial charge on any atom is -0.356 e. The van der Waals surface area contributed by atoms with Crippen LogP contribution in [0.4, 0.5) is 24.9 Å². The van der Waals surface area contributed by atoms with Gasteiger partial charge >= 0.3 is 6.18 Å². The smallest absolute Gasteiger partial charge is 0.356 e. The van der Waals surface area contributed by atoms with Gasteiger partial charge in [-0.15, -0.1) is 0 Å². The first-order chi connectivity index (χ1) is 12.6. The van der Waals surface area contributed by atoms with E-state index in [1.54, 1.807) is 14.1 Å². The van der Waals surface area contributed by atoms with Crippen molar-refractivity contribution in [2.24, 2.45) is 0 Å². The van der Waals surface area contributed by atoms with Crippen molar-refractivity contribution in [3.8, 4) is 0 Å². The normalized spacial score (nSPS) is 24.7. The molecule has 1 amide bonds. The van der Waals surface area contributed by atoms with Gasteiger partial charge in [-0.25, -0.2) is 4.98 Å². The van der Waals surface area contributed by atoms with E-state index in [2.05, 4.69) is 20.2 Å². The summed E-state index contributed by atoms with van der Waals surface area (Å²) in [6.45, 7) is 2.36. The van der Waals surface area contributed by atoms with Crippen LogP contribution in [0.2, 0.25) is 0 Å². The number of likely N-dealkylation sites (N-methyl/N-ethyl adjacent to an activating group) is 1. The predicted octanol–water partition coefficient (Wildman–Crippen LogP) is 1.35. The van der Waals surface area contributed by atoms with Crippen LogP contribution in [0.25, 0.3) is 0 Å². The first-order valence-corrected chi connectivity index (χ1v) is 8.97. The monoisotopic (exact) mass is 386 g/mol. The van der Waals surface area contributed by atoms with Crippen molar-refractivity contribution >= 4 is 17.7 Å². The lowest BCUT2D eigenvalue weighted by atomic mass is 9.86. The van der Waals surface area contributed by atoms with E-state index in [0.29, 0.717) is 39.0 Å². The summed E-state index contributed by atoms with van der Waals surface area (Å²) in [6, 6.07) is 1.02. The number of aromatic nitrogens is 2. The van der Waals surface area contributed by atoms with E-state index >= 15 is 0 Å². The van der Waals surface area contributed by atoms with E-state index < -0.39 is 11.9 Å². The maximum absolute atomic E-state index is 13.3. The van der Waals surface area contributed by atoms with Crippen molar-refractivity contribution in [3.63, 3.8) is 0 Å². The summed E-state index contributed by atoms with van der Waals surface area (Å²) in [4.78, 5) is 25.3. The zero-order chi connectivity index (χ0) is 19.8. The third-order valence-electron chi connectivity index (χ3n) is 5.45. The van der Waals surface area contributed by atoms with Gasteiger partial charge in [-0.3, -0.25) is 9.69 Å². The molecule has 10 heteroatoms. The molecule has 2 aliphatic heterocycles. The van der Waals surface area contributed by atoms with Crippen LogP contribution in [0.3, 0.4) is 0 Å². The molecule has 2 aliphatic rings. The minimum absolute atomic E-state index is 0.0219. The van der Waals surface area contributed by atoms with Crippen LogP contribution in [-0.4, -0.2) is 73.6 Å². The zero-order valence-corrected chi connectivity index (χ0v) is 15.8. The Labute approximate surface area is 156 Å². The fourth-order valence-electron chi connectivity index (χ4n) is 3.72. The lowest BCUT2D eigenvalue weighted by molar-refractivity contribution is -0.141. The number of hydrogen-bond acceptors (Lipinski definition) is 6. The second-order valence-corrected chi connectivity index (χ2v) is 7.47. The van der Waals surface area contributed by atoms with Gasteiger partial charge < -0.3 is 15.1 Å². The predicted molar refractivity (Wildman–Crippen MR) is 95.8 cm³/mol. The third-order valence-corrected chi connectivity index (χ3v) is 5.45. The molecule has 1 aromatic rings. The molecular weight excluding hydrogens is 361 g/mol. The molecule has 0 saturated carbocycles. The van der Waals surface area contributed by atoms with Crippen LogP contribution in [0.15, 0.2) is 6.07 Å². The lowest BCUT2D eigenvalue weighted by Gasteiger charge is -2.49. The number of nitrogens with one attached hydrogen (secondary N) is 1. The number of halogens is 3. The molecule has 1 atom stereocenters. The molecular formula is C17H25F3N6O. The second kappa shape index (κ2) is 7.14. The number of carbonyl (C=O) groups excluding carboxylic acids is 1. The number of amides is 1. The van der Waals surface area contributed by atoms with Gasteiger partial charge in [0.2, 0.25) is 11.9 Å². The van der Waals surface area contributed by atoms with Crippen LogP contribution in [0.1, 0.15) is 25.0 Å². The van der Waals surface area contributed by atoms with E-state index in [4.69, 9.17) is 0 Å². The van der Waals surface area contributed by atoms with E-state index in [9.17, 15) is 18.0 Å². The largest absolute Gasteiger partial charge is 0.433 e. The van der Waals surface area contributed by atoms with E-state index in [0.717, 1.165) is 12.5 Å². The highest BCUT2D eigenvalue weighted by atomic mass is 19.4. The topological polar surface area (TPSA) is 64.6 Å². The Morgan fingerprint density at radius 1 is 1.22 bits per heavy atom. The molecule has 1 spiro atoms. The molecule has 1 N–H and O–H groups in total. The number of nitrogens with zero attached hydrogens (tertiary/aromatic N) is 5. The van der Waals surface area contributed by atoms with Gasteiger partial charge in [-0.2, -0.15) is 18.2 Å².